The number of anilines is 2. The average Bonchev–Trinajstić information content (AvgIpc) is 3.05. The fourth-order valence-corrected chi connectivity index (χ4v) is 3.80. The van der Waals surface area contributed by atoms with Crippen molar-refractivity contribution in [1.29, 1.82) is 0 Å². The van der Waals surface area contributed by atoms with Crippen LogP contribution in [0.4, 0.5) is 11.4 Å². The van der Waals surface area contributed by atoms with E-state index in [0.29, 0.717) is 40.1 Å². The predicted molar refractivity (Wildman–Crippen MR) is 130 cm³/mol. The third kappa shape index (κ3) is 4.43. The van der Waals surface area contributed by atoms with Crippen molar-refractivity contribution in [3.63, 3.8) is 0 Å². The number of methoxy groups -OCH3 is 1. The number of carbonyl (C=O) groups is 2. The van der Waals surface area contributed by atoms with E-state index in [9.17, 15) is 9.59 Å². The summed E-state index contributed by atoms with van der Waals surface area (Å²) in [7, 11) is 1.55. The van der Waals surface area contributed by atoms with E-state index >= 15 is 0 Å². The van der Waals surface area contributed by atoms with Gasteiger partial charge >= 0.3 is 0 Å². The van der Waals surface area contributed by atoms with Crippen LogP contribution < -0.4 is 19.7 Å². The largest absolute Gasteiger partial charge is 0.495 e. The number of rotatable bonds is 7. The number of ether oxygens (including phenoxy) is 2. The minimum atomic E-state index is -0.460. The summed E-state index contributed by atoms with van der Waals surface area (Å²) in [6, 6.07) is 19.2. The maximum Gasteiger partial charge on any atom is 0.282 e. The summed E-state index contributed by atoms with van der Waals surface area (Å²) >= 11 is 6.05. The van der Waals surface area contributed by atoms with Crippen LogP contribution in [-0.4, -0.2) is 25.5 Å². The van der Waals surface area contributed by atoms with E-state index in [2.05, 4.69) is 5.32 Å². The first kappa shape index (κ1) is 22.4. The Morgan fingerprint density at radius 3 is 2.27 bits per heavy atom. The molecule has 6 nitrogen and oxygen atoms in total. The topological polar surface area (TPSA) is 67.9 Å². The van der Waals surface area contributed by atoms with Crippen molar-refractivity contribution < 1.29 is 19.1 Å². The van der Waals surface area contributed by atoms with Gasteiger partial charge in [0.15, 0.2) is 0 Å². The summed E-state index contributed by atoms with van der Waals surface area (Å²) in [6.45, 7) is 4.35. The van der Waals surface area contributed by atoms with Crippen molar-refractivity contribution in [2.24, 2.45) is 0 Å². The molecule has 7 heteroatoms. The van der Waals surface area contributed by atoms with Gasteiger partial charge in [-0.25, -0.2) is 4.90 Å². The van der Waals surface area contributed by atoms with Crippen LogP contribution in [0.1, 0.15) is 18.1 Å². The van der Waals surface area contributed by atoms with Gasteiger partial charge in [-0.1, -0.05) is 29.8 Å². The lowest BCUT2D eigenvalue weighted by atomic mass is 10.0. The molecule has 3 aromatic carbocycles. The maximum absolute atomic E-state index is 13.6. The first-order valence-electron chi connectivity index (χ1n) is 10.5. The molecule has 0 unspecified atom stereocenters. The molecule has 0 radical (unpaired) electrons. The van der Waals surface area contributed by atoms with Crippen LogP contribution in [0.3, 0.4) is 0 Å². The van der Waals surface area contributed by atoms with Crippen LogP contribution in [-0.2, 0) is 9.59 Å². The predicted octanol–water partition coefficient (Wildman–Crippen LogP) is 5.45. The zero-order valence-corrected chi connectivity index (χ0v) is 19.3. The monoisotopic (exact) mass is 462 g/mol. The molecule has 1 aliphatic heterocycles. The van der Waals surface area contributed by atoms with E-state index in [1.54, 1.807) is 55.6 Å². The second-order valence-corrected chi connectivity index (χ2v) is 7.89. The van der Waals surface area contributed by atoms with Crippen molar-refractivity contribution in [2.45, 2.75) is 13.8 Å². The van der Waals surface area contributed by atoms with Crippen LogP contribution >= 0.6 is 11.6 Å². The molecule has 0 fully saturated rings. The highest BCUT2D eigenvalue weighted by Gasteiger charge is 2.40. The van der Waals surface area contributed by atoms with E-state index in [1.165, 1.54) is 0 Å². The minimum Gasteiger partial charge on any atom is -0.495 e. The Balaban J connectivity index is 1.80. The van der Waals surface area contributed by atoms with Crippen LogP contribution in [0.5, 0.6) is 11.5 Å². The molecule has 4 rings (SSSR count). The zero-order valence-electron chi connectivity index (χ0n) is 18.5. The van der Waals surface area contributed by atoms with Crippen molar-refractivity contribution in [2.75, 3.05) is 23.9 Å². The van der Waals surface area contributed by atoms with Gasteiger partial charge in [0.25, 0.3) is 11.8 Å². The highest BCUT2D eigenvalue weighted by Crippen LogP contribution is 2.36. The number of imide groups is 1. The number of hydrogen-bond donors (Lipinski definition) is 1. The van der Waals surface area contributed by atoms with Gasteiger partial charge in [0.2, 0.25) is 0 Å². The Kier molecular flexibility index (Phi) is 6.38. The number of nitrogens with zero attached hydrogens (tertiary/aromatic N) is 1. The second kappa shape index (κ2) is 9.38. The van der Waals surface area contributed by atoms with Crippen LogP contribution in [0, 0.1) is 6.92 Å². The van der Waals surface area contributed by atoms with E-state index in [4.69, 9.17) is 21.1 Å². The van der Waals surface area contributed by atoms with E-state index in [1.807, 2.05) is 32.0 Å². The van der Waals surface area contributed by atoms with Gasteiger partial charge in [-0.15, -0.1) is 0 Å². The molecule has 0 atom stereocenters. The third-order valence-corrected chi connectivity index (χ3v) is 5.49. The lowest BCUT2D eigenvalue weighted by Gasteiger charge is -2.16. The molecule has 168 valence electrons. The standard InChI is InChI=1S/C26H23ClN2O4/c1-4-33-20-12-10-19(11-13-20)29-25(30)23(17-6-8-18(27)9-7-17)24(26(29)31)28-21-15-16(2)5-14-22(21)32-3/h5-15,28H,4H2,1-3H3. The number of nitrogens with one attached hydrogen (secondary N) is 1. The molecule has 0 aliphatic carbocycles. The number of hydrogen-bond acceptors (Lipinski definition) is 5. The summed E-state index contributed by atoms with van der Waals surface area (Å²) < 4.78 is 10.9. The first-order valence-corrected chi connectivity index (χ1v) is 10.8. The van der Waals surface area contributed by atoms with E-state index in [0.717, 1.165) is 10.5 Å². The van der Waals surface area contributed by atoms with Crippen molar-refractivity contribution in [3.8, 4) is 11.5 Å². The molecule has 1 heterocycles. The normalized spacial score (nSPS) is 13.5. The van der Waals surface area contributed by atoms with Gasteiger partial charge in [0.1, 0.15) is 17.2 Å². The maximum atomic E-state index is 13.6. The van der Waals surface area contributed by atoms with Crippen molar-refractivity contribution >= 4 is 40.4 Å². The van der Waals surface area contributed by atoms with Crippen molar-refractivity contribution in [1.82, 2.24) is 0 Å². The van der Waals surface area contributed by atoms with Crippen molar-refractivity contribution in [3.05, 3.63) is 88.6 Å². The van der Waals surface area contributed by atoms with Gasteiger partial charge in [0, 0.05) is 5.02 Å². The molecule has 1 N–H and O–H groups in total. The number of aryl methyl sites for hydroxylation is 1. The third-order valence-electron chi connectivity index (χ3n) is 5.24. The molecule has 3 aromatic rings. The number of halogens is 1. The number of carbonyl (C=O) groups excluding carboxylic acids is 2. The Morgan fingerprint density at radius 2 is 1.64 bits per heavy atom. The SMILES string of the molecule is CCOc1ccc(N2C(=O)C(Nc3cc(C)ccc3OC)=C(c3ccc(Cl)cc3)C2=O)cc1. The van der Waals surface area contributed by atoms with Gasteiger partial charge < -0.3 is 14.8 Å². The average molecular weight is 463 g/mol. The van der Waals surface area contributed by atoms with Gasteiger partial charge in [-0.2, -0.15) is 0 Å². The second-order valence-electron chi connectivity index (χ2n) is 7.46. The molecule has 2 amide bonds. The Labute approximate surface area is 197 Å². The van der Waals surface area contributed by atoms with Crippen LogP contribution in [0.25, 0.3) is 5.57 Å². The van der Waals surface area contributed by atoms with E-state index in [-0.39, 0.29) is 11.3 Å². The smallest absolute Gasteiger partial charge is 0.282 e. The van der Waals surface area contributed by atoms with Gasteiger partial charge in [-0.3, -0.25) is 9.59 Å². The van der Waals surface area contributed by atoms with Gasteiger partial charge in [-0.05, 0) is 73.5 Å². The Hall–Kier alpha value is -3.77. The summed E-state index contributed by atoms with van der Waals surface area (Å²) in [5.74, 6) is 0.329. The summed E-state index contributed by atoms with van der Waals surface area (Å²) in [6.07, 6.45) is 0. The highest BCUT2D eigenvalue weighted by molar-refractivity contribution is 6.46. The fraction of sp³-hybridized carbons (Fsp3) is 0.154. The molecule has 1 aliphatic rings. The summed E-state index contributed by atoms with van der Waals surface area (Å²) in [5, 5.41) is 3.70. The number of benzene rings is 3. The minimum absolute atomic E-state index is 0.167. The van der Waals surface area contributed by atoms with E-state index < -0.39 is 11.8 Å². The molecule has 0 saturated carbocycles. The van der Waals surface area contributed by atoms with Gasteiger partial charge in [0.05, 0.1) is 30.7 Å². The highest BCUT2D eigenvalue weighted by atomic mass is 35.5. The number of amides is 2. The molecule has 0 aromatic heterocycles. The quantitative estimate of drug-likeness (QED) is 0.473. The summed E-state index contributed by atoms with van der Waals surface area (Å²) in [5.41, 5.74) is 3.03. The zero-order chi connectivity index (χ0) is 23.5. The Morgan fingerprint density at radius 1 is 0.939 bits per heavy atom. The first-order chi connectivity index (χ1) is 15.9. The molecule has 0 spiro atoms. The lowest BCUT2D eigenvalue weighted by molar-refractivity contribution is -0.120. The lowest BCUT2D eigenvalue weighted by Crippen LogP contribution is -2.32. The fourth-order valence-electron chi connectivity index (χ4n) is 3.68. The molecular formula is C26H23ClN2O4. The van der Waals surface area contributed by atoms with Crippen LogP contribution in [0.15, 0.2) is 72.4 Å². The molecule has 0 bridgehead atoms. The molecular weight excluding hydrogens is 440 g/mol. The molecule has 33 heavy (non-hydrogen) atoms. The molecule has 0 saturated heterocycles. The Bertz CT molecular complexity index is 1230. The summed E-state index contributed by atoms with van der Waals surface area (Å²) in [4.78, 5) is 28.3. The van der Waals surface area contributed by atoms with Crippen LogP contribution in [0.2, 0.25) is 5.02 Å².